The molecule has 3 aromatic rings. The maximum Gasteiger partial charge on any atom is 0.314 e. The maximum atomic E-state index is 13.5. The average molecular weight is 446 g/mol. The van der Waals surface area contributed by atoms with Crippen molar-refractivity contribution in [2.75, 3.05) is 13.1 Å². The minimum atomic E-state index is -3.76. The summed E-state index contributed by atoms with van der Waals surface area (Å²) in [5, 5.41) is 10.3. The first-order chi connectivity index (χ1) is 14.9. The highest BCUT2D eigenvalue weighted by molar-refractivity contribution is 7.89. The van der Waals surface area contributed by atoms with Gasteiger partial charge in [0.05, 0.1) is 4.90 Å². The predicted molar refractivity (Wildman–Crippen MR) is 108 cm³/mol. The highest BCUT2D eigenvalue weighted by Crippen LogP contribution is 2.39. The molecular formula is C21H20F2N4O3S. The first-order valence-electron chi connectivity index (χ1n) is 9.97. The molecule has 1 fully saturated rings. The van der Waals surface area contributed by atoms with Gasteiger partial charge in [0.1, 0.15) is 0 Å². The molecule has 1 saturated heterocycles. The van der Waals surface area contributed by atoms with E-state index in [1.54, 1.807) is 16.4 Å². The van der Waals surface area contributed by atoms with Gasteiger partial charge in [-0.1, -0.05) is 36.4 Å². The zero-order chi connectivity index (χ0) is 21.6. The van der Waals surface area contributed by atoms with Crippen molar-refractivity contribution in [2.24, 2.45) is 0 Å². The average Bonchev–Trinajstić information content (AvgIpc) is 3.37. The Kier molecular flexibility index (Phi) is 5.07. The Hall–Kier alpha value is -2.69. The lowest BCUT2D eigenvalue weighted by atomic mass is 9.87. The Bertz CT molecular complexity index is 1200. The van der Waals surface area contributed by atoms with Crippen LogP contribution in [0.1, 0.15) is 35.8 Å². The quantitative estimate of drug-likeness (QED) is 0.662. The zero-order valence-corrected chi connectivity index (χ0v) is 17.2. The molecule has 2 aliphatic heterocycles. The summed E-state index contributed by atoms with van der Waals surface area (Å²) in [6.07, 6.45) is -2.19. The number of fused-ring (bicyclic) bond motifs is 1. The normalized spacial score (nSPS) is 23.2. The number of hydrogen-bond donors (Lipinski definition) is 1. The number of sulfonamides is 1. The van der Waals surface area contributed by atoms with E-state index in [0.29, 0.717) is 24.1 Å². The lowest BCUT2D eigenvalue weighted by molar-refractivity contribution is 0.116. The molecule has 2 aromatic carbocycles. The van der Waals surface area contributed by atoms with Crippen LogP contribution in [-0.4, -0.2) is 42.1 Å². The van der Waals surface area contributed by atoms with Crippen molar-refractivity contribution in [1.82, 2.24) is 19.8 Å². The summed E-state index contributed by atoms with van der Waals surface area (Å²) >= 11 is 0. The van der Waals surface area contributed by atoms with E-state index < -0.39 is 22.3 Å². The second-order valence-corrected chi connectivity index (χ2v) is 9.56. The molecule has 0 bridgehead atoms. The number of aromatic nitrogens is 2. The van der Waals surface area contributed by atoms with Crippen LogP contribution in [0.3, 0.4) is 0 Å². The molecule has 0 aliphatic carbocycles. The van der Waals surface area contributed by atoms with Crippen LogP contribution in [-0.2, 0) is 16.6 Å². The molecule has 5 rings (SSSR count). The number of benzene rings is 2. The third kappa shape index (κ3) is 3.54. The van der Waals surface area contributed by atoms with Crippen LogP contribution in [0.4, 0.5) is 8.78 Å². The zero-order valence-electron chi connectivity index (χ0n) is 16.4. The van der Waals surface area contributed by atoms with Crippen LogP contribution in [0.5, 0.6) is 0 Å². The summed E-state index contributed by atoms with van der Waals surface area (Å²) in [4.78, 5) is 0.159. The second kappa shape index (κ2) is 7.77. The van der Waals surface area contributed by atoms with Crippen molar-refractivity contribution in [3.8, 4) is 11.5 Å². The van der Waals surface area contributed by atoms with Crippen molar-refractivity contribution < 1.29 is 21.6 Å². The first kappa shape index (κ1) is 20.2. The topological polar surface area (TPSA) is 88.3 Å². The smallest absolute Gasteiger partial charge is 0.314 e. The molecule has 0 unspecified atom stereocenters. The van der Waals surface area contributed by atoms with Crippen molar-refractivity contribution in [3.05, 3.63) is 65.5 Å². The van der Waals surface area contributed by atoms with Crippen molar-refractivity contribution in [2.45, 2.75) is 36.2 Å². The van der Waals surface area contributed by atoms with Gasteiger partial charge in [-0.3, -0.25) is 0 Å². The molecule has 0 spiro atoms. The van der Waals surface area contributed by atoms with E-state index in [0.717, 1.165) is 12.1 Å². The first-order valence-corrected chi connectivity index (χ1v) is 11.4. The van der Waals surface area contributed by atoms with Crippen LogP contribution in [0.15, 0.2) is 57.8 Å². The molecule has 3 heterocycles. The summed E-state index contributed by atoms with van der Waals surface area (Å²) in [6, 6.07) is 14.5. The van der Waals surface area contributed by atoms with E-state index in [-0.39, 0.29) is 29.3 Å². The fourth-order valence-electron chi connectivity index (χ4n) is 4.40. The fourth-order valence-corrected chi connectivity index (χ4v) is 6.31. The Morgan fingerprint density at radius 3 is 2.68 bits per heavy atom. The number of halogens is 2. The Morgan fingerprint density at radius 1 is 1.13 bits per heavy atom. The second-order valence-electron chi connectivity index (χ2n) is 7.70. The lowest BCUT2D eigenvalue weighted by Gasteiger charge is -2.37. The van der Waals surface area contributed by atoms with E-state index in [1.165, 1.54) is 6.07 Å². The van der Waals surface area contributed by atoms with Gasteiger partial charge >= 0.3 is 6.43 Å². The van der Waals surface area contributed by atoms with E-state index in [4.69, 9.17) is 4.42 Å². The molecule has 1 aromatic heterocycles. The molecule has 7 nitrogen and oxygen atoms in total. The van der Waals surface area contributed by atoms with Crippen molar-refractivity contribution >= 4 is 10.0 Å². The van der Waals surface area contributed by atoms with Gasteiger partial charge in [0.25, 0.3) is 5.89 Å². The molecular weight excluding hydrogens is 426 g/mol. The SMILES string of the molecule is O=S1(=O)c2cc(-c3nnc(C(F)F)o3)ccc2CN1[C@@H]1CCNC[C@@H]1c1ccccc1. The van der Waals surface area contributed by atoms with Crippen LogP contribution in [0.2, 0.25) is 0 Å². The van der Waals surface area contributed by atoms with E-state index in [1.807, 2.05) is 30.3 Å². The molecule has 0 saturated carbocycles. The summed E-state index contributed by atoms with van der Waals surface area (Å²) in [6.45, 7) is 1.71. The molecule has 31 heavy (non-hydrogen) atoms. The summed E-state index contributed by atoms with van der Waals surface area (Å²) < 4.78 is 59.0. The van der Waals surface area contributed by atoms with E-state index >= 15 is 0 Å². The van der Waals surface area contributed by atoms with E-state index in [9.17, 15) is 17.2 Å². The third-order valence-corrected chi connectivity index (χ3v) is 7.85. The maximum absolute atomic E-state index is 13.5. The Morgan fingerprint density at radius 2 is 1.94 bits per heavy atom. The van der Waals surface area contributed by atoms with Crippen molar-refractivity contribution in [3.63, 3.8) is 0 Å². The van der Waals surface area contributed by atoms with Gasteiger partial charge < -0.3 is 9.73 Å². The van der Waals surface area contributed by atoms with Crippen LogP contribution in [0.25, 0.3) is 11.5 Å². The van der Waals surface area contributed by atoms with Crippen LogP contribution < -0.4 is 5.32 Å². The minimum Gasteiger partial charge on any atom is -0.415 e. The van der Waals surface area contributed by atoms with Gasteiger partial charge in [0.2, 0.25) is 15.9 Å². The third-order valence-electron chi connectivity index (χ3n) is 5.90. The van der Waals surface area contributed by atoms with Gasteiger partial charge in [0, 0.05) is 30.6 Å². The Labute approximate surface area is 178 Å². The van der Waals surface area contributed by atoms with E-state index in [2.05, 4.69) is 15.5 Å². The molecule has 0 radical (unpaired) electrons. The van der Waals surface area contributed by atoms with Gasteiger partial charge in [-0.05, 0) is 36.2 Å². The molecule has 2 atom stereocenters. The van der Waals surface area contributed by atoms with Crippen molar-refractivity contribution in [1.29, 1.82) is 0 Å². The number of hydrogen-bond acceptors (Lipinski definition) is 6. The number of nitrogens with one attached hydrogen (secondary N) is 1. The minimum absolute atomic E-state index is 0.0306. The van der Waals surface area contributed by atoms with Crippen LogP contribution in [0, 0.1) is 0 Å². The van der Waals surface area contributed by atoms with Gasteiger partial charge in [-0.2, -0.15) is 13.1 Å². The Balaban J connectivity index is 1.49. The molecule has 1 N–H and O–H groups in total. The number of nitrogens with zero attached hydrogens (tertiary/aromatic N) is 3. The molecule has 10 heteroatoms. The number of rotatable bonds is 4. The fraction of sp³-hybridized carbons (Fsp3) is 0.333. The van der Waals surface area contributed by atoms with Gasteiger partial charge in [-0.15, -0.1) is 10.2 Å². The van der Waals surface area contributed by atoms with Gasteiger partial charge in [-0.25, -0.2) is 8.42 Å². The predicted octanol–water partition coefficient (Wildman–Crippen LogP) is 3.32. The lowest BCUT2D eigenvalue weighted by Crippen LogP contribution is -2.48. The summed E-state index contributed by atoms with van der Waals surface area (Å²) in [5.74, 6) is -0.890. The monoisotopic (exact) mass is 446 g/mol. The number of piperidine rings is 1. The highest BCUT2D eigenvalue weighted by Gasteiger charge is 2.43. The molecule has 0 amide bonds. The summed E-state index contributed by atoms with van der Waals surface area (Å²) in [5.41, 5.74) is 2.06. The highest BCUT2D eigenvalue weighted by atomic mass is 32.2. The molecule has 162 valence electrons. The number of alkyl halides is 2. The summed E-state index contributed by atoms with van der Waals surface area (Å²) in [7, 11) is -3.76. The standard InChI is InChI=1S/C21H20F2N4O3S/c22-19(23)21-26-25-20(30-21)14-6-7-15-12-27(31(28,29)18(15)10-14)17-8-9-24-11-16(17)13-4-2-1-3-5-13/h1-7,10,16-17,19,24H,8-9,11-12H2/t16-,17-/m1/s1. The van der Waals surface area contributed by atoms with Gasteiger partial charge in [0.15, 0.2) is 0 Å². The largest absolute Gasteiger partial charge is 0.415 e. The van der Waals surface area contributed by atoms with Crippen LogP contribution >= 0.6 is 0 Å². The molecule has 2 aliphatic rings.